The first-order chi connectivity index (χ1) is 14.1. The molecule has 4 rings (SSSR count). The van der Waals surface area contributed by atoms with Gasteiger partial charge in [-0.15, -0.1) is 0 Å². The average molecular weight is 421 g/mol. The summed E-state index contributed by atoms with van der Waals surface area (Å²) in [4.78, 5) is 23.9. The van der Waals surface area contributed by atoms with Crippen molar-refractivity contribution in [2.45, 2.75) is 90.8 Å². The Kier molecular flexibility index (Phi) is 5.77. The van der Waals surface area contributed by atoms with Crippen LogP contribution in [0.3, 0.4) is 0 Å². The Balaban J connectivity index is 1.82. The summed E-state index contributed by atoms with van der Waals surface area (Å²) in [5.41, 5.74) is 0.471. The lowest BCUT2D eigenvalue weighted by molar-refractivity contribution is -0.200. The molecule has 0 aromatic carbocycles. The maximum Gasteiger partial charge on any atom is 0.303 e. The first-order valence-corrected chi connectivity index (χ1v) is 11.4. The van der Waals surface area contributed by atoms with Crippen LogP contribution in [-0.2, 0) is 28.5 Å². The Bertz CT molecular complexity index is 731. The summed E-state index contributed by atoms with van der Waals surface area (Å²) in [6, 6.07) is 0. The third kappa shape index (κ3) is 3.60. The molecule has 6 nitrogen and oxygen atoms in total. The van der Waals surface area contributed by atoms with Gasteiger partial charge in [-0.1, -0.05) is 25.5 Å². The van der Waals surface area contributed by atoms with E-state index in [2.05, 4.69) is 26.8 Å². The van der Waals surface area contributed by atoms with Gasteiger partial charge in [0.25, 0.3) is 0 Å². The topological polar surface area (TPSA) is 71.1 Å². The van der Waals surface area contributed by atoms with Gasteiger partial charge >= 0.3 is 11.9 Å². The van der Waals surface area contributed by atoms with Crippen LogP contribution < -0.4 is 0 Å². The fourth-order valence-electron chi connectivity index (χ4n) is 6.66. The second-order valence-corrected chi connectivity index (χ2v) is 10.3. The quantitative estimate of drug-likeness (QED) is 0.501. The van der Waals surface area contributed by atoms with Crippen molar-refractivity contribution >= 4 is 11.9 Å². The van der Waals surface area contributed by atoms with Crippen molar-refractivity contribution in [1.82, 2.24) is 0 Å². The second kappa shape index (κ2) is 7.94. The lowest BCUT2D eigenvalue weighted by Crippen LogP contribution is -2.57. The minimum absolute atomic E-state index is 0.0323. The fraction of sp³-hybridized carbons (Fsp3) is 0.833. The normalized spacial score (nSPS) is 49.5. The van der Waals surface area contributed by atoms with E-state index in [9.17, 15) is 9.59 Å². The molecule has 1 aliphatic carbocycles. The van der Waals surface area contributed by atoms with Crippen LogP contribution in [0.1, 0.15) is 60.8 Å². The van der Waals surface area contributed by atoms with E-state index in [1.165, 1.54) is 19.4 Å². The van der Waals surface area contributed by atoms with Crippen LogP contribution in [0, 0.1) is 29.6 Å². The zero-order valence-corrected chi connectivity index (χ0v) is 19.1. The number of ether oxygens (including phenoxy) is 4. The van der Waals surface area contributed by atoms with Gasteiger partial charge < -0.3 is 18.9 Å². The molecule has 4 aliphatic rings. The standard InChI is InChI=1S/C24H36O6/c1-12-7-8-19(28-15(4)25)24(6)23-20-17(14(3)11-27-24)10-13(2)22(29-16(5)26)21(20)18(9-12)30-23/h7,13-14,17-23H,8-11H2,1-6H3/b12-7-/t13-,14+,17+,18?,19-,20+,21+,22-,23+,24+/m1/s1. The molecule has 0 radical (unpaired) electrons. The van der Waals surface area contributed by atoms with Crippen molar-refractivity contribution in [3.8, 4) is 0 Å². The molecular weight excluding hydrogens is 384 g/mol. The lowest BCUT2D eigenvalue weighted by Gasteiger charge is -2.47. The molecule has 2 saturated heterocycles. The molecule has 168 valence electrons. The lowest BCUT2D eigenvalue weighted by atomic mass is 9.59. The summed E-state index contributed by atoms with van der Waals surface area (Å²) in [5, 5.41) is 0. The first-order valence-electron chi connectivity index (χ1n) is 11.4. The van der Waals surface area contributed by atoms with Crippen LogP contribution >= 0.6 is 0 Å². The SMILES string of the molecule is CC(=O)O[C@H]1[C@H]2C3C/C(C)=C\C[C@@H](OC(C)=O)[C@]4(C)OC[C@H](C)[C@H](C[C@H]1C)[C@@H]2[C@@H]4O3. The van der Waals surface area contributed by atoms with Crippen molar-refractivity contribution in [2.75, 3.05) is 6.61 Å². The number of hydrogen-bond acceptors (Lipinski definition) is 6. The highest BCUT2D eigenvalue weighted by Crippen LogP contribution is 2.57. The number of rotatable bonds is 2. The molecule has 30 heavy (non-hydrogen) atoms. The number of esters is 2. The molecule has 1 saturated carbocycles. The minimum atomic E-state index is -0.741. The Hall–Kier alpha value is -1.40. The van der Waals surface area contributed by atoms with Gasteiger partial charge in [0, 0.05) is 32.1 Å². The van der Waals surface area contributed by atoms with Crippen LogP contribution in [0.5, 0.6) is 0 Å². The summed E-state index contributed by atoms with van der Waals surface area (Å²) in [7, 11) is 0. The van der Waals surface area contributed by atoms with E-state index in [4.69, 9.17) is 18.9 Å². The van der Waals surface area contributed by atoms with E-state index in [1.54, 1.807) is 0 Å². The monoisotopic (exact) mass is 420 g/mol. The highest BCUT2D eigenvalue weighted by molar-refractivity contribution is 5.66. The average Bonchev–Trinajstić information content (AvgIpc) is 3.00. The summed E-state index contributed by atoms with van der Waals surface area (Å²) in [6.07, 6.45) is 3.75. The number of hydrogen-bond donors (Lipinski definition) is 0. The van der Waals surface area contributed by atoms with Crippen molar-refractivity contribution < 1.29 is 28.5 Å². The second-order valence-electron chi connectivity index (χ2n) is 10.3. The molecule has 3 fully saturated rings. The molecule has 1 unspecified atom stereocenters. The summed E-state index contributed by atoms with van der Waals surface area (Å²) in [6.45, 7) is 12.2. The van der Waals surface area contributed by atoms with Gasteiger partial charge in [0.1, 0.15) is 17.8 Å². The van der Waals surface area contributed by atoms with Crippen molar-refractivity contribution in [3.05, 3.63) is 11.6 Å². The van der Waals surface area contributed by atoms with Gasteiger partial charge in [0.2, 0.25) is 0 Å². The Morgan fingerprint density at radius 3 is 2.47 bits per heavy atom. The van der Waals surface area contributed by atoms with Gasteiger partial charge in [0.05, 0.1) is 18.8 Å². The molecule has 0 aromatic heterocycles. The van der Waals surface area contributed by atoms with Crippen molar-refractivity contribution in [1.29, 1.82) is 0 Å². The molecule has 3 heterocycles. The van der Waals surface area contributed by atoms with Gasteiger partial charge in [-0.05, 0) is 44.4 Å². The van der Waals surface area contributed by atoms with Crippen LogP contribution in [0.15, 0.2) is 11.6 Å². The summed E-state index contributed by atoms with van der Waals surface area (Å²) in [5.74, 6) is 0.856. The molecule has 0 amide bonds. The van der Waals surface area contributed by atoms with Gasteiger partial charge in [-0.2, -0.15) is 0 Å². The first kappa shape index (κ1) is 21.8. The van der Waals surface area contributed by atoms with Crippen molar-refractivity contribution in [2.24, 2.45) is 29.6 Å². The fourth-order valence-corrected chi connectivity index (χ4v) is 6.66. The molecule has 6 heteroatoms. The third-order valence-electron chi connectivity index (χ3n) is 8.03. The summed E-state index contributed by atoms with van der Waals surface area (Å²) >= 11 is 0. The molecule has 3 aliphatic heterocycles. The number of carbonyl (C=O) groups excluding carboxylic acids is 2. The largest absolute Gasteiger partial charge is 0.462 e. The van der Waals surface area contributed by atoms with E-state index in [0.717, 1.165) is 12.8 Å². The Labute approximate surface area is 179 Å². The van der Waals surface area contributed by atoms with Crippen molar-refractivity contribution in [3.63, 3.8) is 0 Å². The maximum atomic E-state index is 12.0. The molecular formula is C24H36O6. The zero-order valence-electron chi connectivity index (χ0n) is 19.1. The van der Waals surface area contributed by atoms with Crippen LogP contribution in [0.2, 0.25) is 0 Å². The number of carbonyl (C=O) groups is 2. The Morgan fingerprint density at radius 2 is 1.80 bits per heavy atom. The van der Waals surface area contributed by atoms with Gasteiger partial charge in [-0.3, -0.25) is 9.59 Å². The zero-order chi connectivity index (χ0) is 21.8. The number of fused-ring (bicyclic) bond motifs is 2. The smallest absolute Gasteiger partial charge is 0.303 e. The van der Waals surface area contributed by atoms with E-state index in [0.29, 0.717) is 24.9 Å². The molecule has 10 atom stereocenters. The minimum Gasteiger partial charge on any atom is -0.462 e. The van der Waals surface area contributed by atoms with Crippen LogP contribution in [-0.4, -0.2) is 48.6 Å². The highest BCUT2D eigenvalue weighted by atomic mass is 16.6. The van der Waals surface area contributed by atoms with E-state index < -0.39 is 11.7 Å². The Morgan fingerprint density at radius 1 is 1.10 bits per heavy atom. The third-order valence-corrected chi connectivity index (χ3v) is 8.03. The molecule has 0 spiro atoms. The van der Waals surface area contributed by atoms with Gasteiger partial charge in [-0.25, -0.2) is 0 Å². The summed E-state index contributed by atoms with van der Waals surface area (Å²) < 4.78 is 25.1. The van der Waals surface area contributed by atoms with E-state index in [-0.39, 0.29) is 48.0 Å². The van der Waals surface area contributed by atoms with Crippen LogP contribution in [0.25, 0.3) is 0 Å². The maximum absolute atomic E-state index is 12.0. The molecule has 0 N–H and O–H groups in total. The highest BCUT2D eigenvalue weighted by Gasteiger charge is 2.65. The predicted octanol–water partition coefficient (Wildman–Crippen LogP) is 3.67. The van der Waals surface area contributed by atoms with Gasteiger partial charge in [0.15, 0.2) is 0 Å². The predicted molar refractivity (Wildman–Crippen MR) is 111 cm³/mol. The molecule has 2 bridgehead atoms. The van der Waals surface area contributed by atoms with E-state index in [1.807, 2.05) is 6.92 Å². The molecule has 0 aromatic rings. The van der Waals surface area contributed by atoms with E-state index >= 15 is 0 Å². The van der Waals surface area contributed by atoms with Crippen LogP contribution in [0.4, 0.5) is 0 Å².